The monoisotopic (exact) mass is 1030 g/mol. The lowest BCUT2D eigenvalue weighted by Gasteiger charge is -2.26. The Morgan fingerprint density at radius 1 is 0.296 bits per heavy atom. The minimum Gasteiger partial charge on any atom is -0.435 e. The quantitative estimate of drug-likeness (QED) is 0.0191. The van der Waals surface area contributed by atoms with Crippen LogP contribution in [0.3, 0.4) is 0 Å². The van der Waals surface area contributed by atoms with Crippen LogP contribution in [0.25, 0.3) is 0 Å². The molecule has 0 spiro atoms. The van der Waals surface area contributed by atoms with Gasteiger partial charge in [-0.05, 0) is 57.8 Å². The average molecular weight is 1030 g/mol. The summed E-state index contributed by atoms with van der Waals surface area (Å²) >= 11 is 0. The summed E-state index contributed by atoms with van der Waals surface area (Å²) in [7, 11) is -4.59. The zero-order valence-corrected chi connectivity index (χ0v) is 49.1. The van der Waals surface area contributed by atoms with Crippen molar-refractivity contribution in [3.63, 3.8) is 0 Å². The molecule has 0 heterocycles. The maximum Gasteiger partial charge on any atom is 0.484 e. The maximum absolute atomic E-state index is 14.1. The molecule has 422 valence electrons. The van der Waals surface area contributed by atoms with Crippen LogP contribution >= 0.6 is 7.82 Å². The molecule has 11 heteroatoms. The second kappa shape index (κ2) is 49.4. The second-order valence-electron chi connectivity index (χ2n) is 21.4. The number of phosphoric ester groups is 1. The number of rotatable bonds is 54. The predicted octanol–water partition coefficient (Wildman–Crippen LogP) is 20.2. The molecule has 10 nitrogen and oxygen atoms in total. The molecule has 0 saturated heterocycles. The number of carbonyl (C=O) groups excluding carboxylic acids is 3. The van der Waals surface area contributed by atoms with Gasteiger partial charge in [0.15, 0.2) is 0 Å². The lowest BCUT2D eigenvalue weighted by atomic mass is 9.91. The van der Waals surface area contributed by atoms with Crippen molar-refractivity contribution in [1.29, 1.82) is 0 Å². The first kappa shape index (κ1) is 69.5. The van der Waals surface area contributed by atoms with Gasteiger partial charge in [-0.2, -0.15) is 0 Å². The van der Waals surface area contributed by atoms with Gasteiger partial charge in [-0.25, -0.2) is 18.1 Å². The van der Waals surface area contributed by atoms with Crippen molar-refractivity contribution in [2.45, 2.75) is 351 Å². The van der Waals surface area contributed by atoms with Crippen LogP contribution in [0.5, 0.6) is 0 Å². The molecule has 0 fully saturated rings. The van der Waals surface area contributed by atoms with Gasteiger partial charge in [-0.15, -0.1) is 0 Å². The lowest BCUT2D eigenvalue weighted by Crippen LogP contribution is -2.25. The molecule has 0 saturated carbocycles. The number of ether oxygens (including phenoxy) is 3. The van der Waals surface area contributed by atoms with Crippen molar-refractivity contribution < 1.29 is 46.7 Å². The topological polar surface area (TPSA) is 124 Å². The van der Waals surface area contributed by atoms with Crippen molar-refractivity contribution >= 4 is 25.7 Å². The van der Waals surface area contributed by atoms with Gasteiger partial charge in [0, 0.05) is 19.3 Å². The van der Waals surface area contributed by atoms with E-state index in [1.807, 2.05) is 0 Å². The molecule has 0 rings (SSSR count). The highest BCUT2D eigenvalue weighted by molar-refractivity contribution is 7.48. The van der Waals surface area contributed by atoms with Crippen LogP contribution < -0.4 is 0 Å². The maximum atomic E-state index is 14.1. The molecule has 71 heavy (non-hydrogen) atoms. The van der Waals surface area contributed by atoms with Gasteiger partial charge >= 0.3 is 25.7 Å². The van der Waals surface area contributed by atoms with E-state index < -0.39 is 44.6 Å². The zero-order chi connectivity index (χ0) is 52.6. The number of hydrogen-bond donors (Lipinski definition) is 0. The Labute approximate surface area is 439 Å². The van der Waals surface area contributed by atoms with E-state index in [0.717, 1.165) is 75.5 Å². The summed E-state index contributed by atoms with van der Waals surface area (Å²) in [4.78, 5) is 38.4. The highest BCUT2D eigenvalue weighted by Gasteiger charge is 2.37. The van der Waals surface area contributed by atoms with Crippen LogP contribution in [0.4, 0.5) is 0 Å². The highest BCUT2D eigenvalue weighted by atomic mass is 31.2. The third kappa shape index (κ3) is 44.5. The standard InChI is InChI=1S/C60H117O10P/c1-10-16-43-55(40-13-4)46-34-28-22-19-25-31-37-49-58(61)65-52(7)68-71(64,69-53(8)66-59(62)50-38-32-26-20-23-29-35-47-56(41-14-5)44-17-11-2)70-54(9)67-60(63)51-39-33-27-21-24-30-36-48-57(42-15-6)45-18-12-3/h52-57H,10-51H2,1-9H3. The van der Waals surface area contributed by atoms with Crippen molar-refractivity contribution in [2.24, 2.45) is 17.8 Å². The molecule has 0 aromatic rings. The third-order valence-electron chi connectivity index (χ3n) is 14.2. The van der Waals surface area contributed by atoms with Gasteiger partial charge in [0.25, 0.3) is 0 Å². The lowest BCUT2D eigenvalue weighted by molar-refractivity contribution is -0.178. The Kier molecular flexibility index (Phi) is 48.4. The molecule has 6 atom stereocenters. The summed E-state index contributed by atoms with van der Waals surface area (Å²) in [5.74, 6) is 1.18. The first-order chi connectivity index (χ1) is 34.3. The number of unbranched alkanes of at least 4 members (excludes halogenated alkanes) is 21. The summed E-state index contributed by atoms with van der Waals surface area (Å²) in [6, 6.07) is 0. The average Bonchev–Trinajstić information content (AvgIpc) is 3.31. The van der Waals surface area contributed by atoms with Crippen molar-refractivity contribution in [3.8, 4) is 0 Å². The van der Waals surface area contributed by atoms with E-state index in [9.17, 15) is 18.9 Å². The fourth-order valence-electron chi connectivity index (χ4n) is 10.2. The molecule has 0 radical (unpaired) electrons. The summed E-state index contributed by atoms with van der Waals surface area (Å²) < 4.78 is 47.4. The van der Waals surface area contributed by atoms with Crippen molar-refractivity contribution in [1.82, 2.24) is 0 Å². The van der Waals surface area contributed by atoms with E-state index in [1.165, 1.54) is 194 Å². The fraction of sp³-hybridized carbons (Fsp3) is 0.950. The molecular formula is C60H117O10P. The molecule has 0 aromatic carbocycles. The number of phosphoric acid groups is 1. The smallest absolute Gasteiger partial charge is 0.435 e. The minimum atomic E-state index is -4.59. The van der Waals surface area contributed by atoms with E-state index in [2.05, 4.69) is 41.5 Å². The van der Waals surface area contributed by atoms with E-state index in [0.29, 0.717) is 19.3 Å². The van der Waals surface area contributed by atoms with Crippen molar-refractivity contribution in [2.75, 3.05) is 0 Å². The largest absolute Gasteiger partial charge is 0.484 e. The predicted molar refractivity (Wildman–Crippen MR) is 296 cm³/mol. The third-order valence-corrected chi connectivity index (χ3v) is 15.9. The van der Waals surface area contributed by atoms with E-state index in [-0.39, 0.29) is 19.3 Å². The molecule has 0 N–H and O–H groups in total. The van der Waals surface area contributed by atoms with E-state index >= 15 is 0 Å². The first-order valence-electron chi connectivity index (χ1n) is 30.6. The molecule has 0 aliphatic rings. The molecule has 0 aliphatic heterocycles. The van der Waals surface area contributed by atoms with Gasteiger partial charge in [0.1, 0.15) is 0 Å². The van der Waals surface area contributed by atoms with Gasteiger partial charge < -0.3 is 14.2 Å². The molecule has 6 unspecified atom stereocenters. The number of carbonyl (C=O) groups is 3. The van der Waals surface area contributed by atoms with Gasteiger partial charge in [0.05, 0.1) is 0 Å². The minimum absolute atomic E-state index is 0.203. The number of hydrogen-bond acceptors (Lipinski definition) is 10. The summed E-state index contributed by atoms with van der Waals surface area (Å²) in [5, 5.41) is 0. The Hall–Kier alpha value is -1.48. The van der Waals surface area contributed by atoms with E-state index in [1.54, 1.807) is 0 Å². The fourth-order valence-corrected chi connectivity index (χ4v) is 11.5. The second-order valence-corrected chi connectivity index (χ2v) is 22.9. The Morgan fingerprint density at radius 3 is 0.732 bits per heavy atom. The van der Waals surface area contributed by atoms with Crippen LogP contribution in [0.2, 0.25) is 0 Å². The van der Waals surface area contributed by atoms with Crippen LogP contribution in [0, 0.1) is 17.8 Å². The first-order valence-corrected chi connectivity index (χ1v) is 32.0. The molecule has 0 aromatic heterocycles. The Morgan fingerprint density at radius 2 is 0.507 bits per heavy atom. The summed E-state index contributed by atoms with van der Waals surface area (Å²) in [6.07, 6.45) is 43.4. The zero-order valence-electron chi connectivity index (χ0n) is 48.2. The van der Waals surface area contributed by atoms with E-state index in [4.69, 9.17) is 27.8 Å². The van der Waals surface area contributed by atoms with Crippen LogP contribution in [-0.4, -0.2) is 36.8 Å². The molecular weight excluding hydrogens is 912 g/mol. The van der Waals surface area contributed by atoms with Gasteiger partial charge in [0.2, 0.25) is 18.9 Å². The van der Waals surface area contributed by atoms with Crippen molar-refractivity contribution in [3.05, 3.63) is 0 Å². The van der Waals surface area contributed by atoms with Gasteiger partial charge in [-0.3, -0.25) is 14.4 Å². The van der Waals surface area contributed by atoms with Crippen LogP contribution in [-0.2, 0) is 46.7 Å². The normalized spacial score (nSPS) is 15.1. The van der Waals surface area contributed by atoms with Crippen LogP contribution in [0.1, 0.15) is 332 Å². The SMILES string of the molecule is CCCCC(CCC)CCCCCCCCCC(=O)OC(C)OP(=O)(OC(C)OC(=O)CCCCCCCCCC(CCC)CCCC)OC(C)OC(=O)CCCCCCCCCC(CCC)CCCC. The van der Waals surface area contributed by atoms with Crippen LogP contribution in [0.15, 0.2) is 0 Å². The van der Waals surface area contributed by atoms with Gasteiger partial charge in [-0.1, -0.05) is 273 Å². The Bertz CT molecular complexity index is 1120. The Balaban J connectivity index is 4.97. The molecule has 0 amide bonds. The molecule has 0 aliphatic carbocycles. The highest BCUT2D eigenvalue weighted by Crippen LogP contribution is 2.53. The summed E-state index contributed by atoms with van der Waals surface area (Å²) in [6.45, 7) is 18.0. The summed E-state index contributed by atoms with van der Waals surface area (Å²) in [5.41, 5.74) is 0. The number of esters is 3. The molecule has 0 bridgehead atoms.